The summed E-state index contributed by atoms with van der Waals surface area (Å²) in [5.74, 6) is 3.36. The van der Waals surface area contributed by atoms with Gasteiger partial charge in [0.05, 0.1) is 20.8 Å². The standard InChI is InChI=1S/C25H36N2O3S/c1-19-11-13-22(30-19)18-27(25(31)26-21-9-7-5-4-6-8-10-21)16-15-20-12-14-23(28-2)24(17-20)29-3/h11-14,17,21H,4-10,15-16,18H2,1-3H3,(H,26,31). The van der Waals surface area contributed by atoms with Crippen LogP contribution in [0.2, 0.25) is 0 Å². The van der Waals surface area contributed by atoms with Gasteiger partial charge in [0.2, 0.25) is 0 Å². The van der Waals surface area contributed by atoms with Crippen molar-refractivity contribution in [2.75, 3.05) is 20.8 Å². The fourth-order valence-electron chi connectivity index (χ4n) is 4.18. The lowest BCUT2D eigenvalue weighted by atomic mass is 9.97. The van der Waals surface area contributed by atoms with Gasteiger partial charge in [0.25, 0.3) is 0 Å². The molecule has 0 bridgehead atoms. The summed E-state index contributed by atoms with van der Waals surface area (Å²) in [6, 6.07) is 10.6. The van der Waals surface area contributed by atoms with E-state index in [1.54, 1.807) is 14.2 Å². The molecule has 170 valence electrons. The summed E-state index contributed by atoms with van der Waals surface area (Å²) in [7, 11) is 3.32. The van der Waals surface area contributed by atoms with E-state index < -0.39 is 0 Å². The quantitative estimate of drug-likeness (QED) is 0.532. The van der Waals surface area contributed by atoms with E-state index in [1.165, 1.54) is 50.5 Å². The highest BCUT2D eigenvalue weighted by Gasteiger charge is 2.18. The Hall–Kier alpha value is -2.21. The van der Waals surface area contributed by atoms with Gasteiger partial charge in [0.1, 0.15) is 11.5 Å². The van der Waals surface area contributed by atoms with Crippen molar-refractivity contribution < 1.29 is 13.9 Å². The smallest absolute Gasteiger partial charge is 0.169 e. The second kappa shape index (κ2) is 12.0. The van der Waals surface area contributed by atoms with E-state index in [9.17, 15) is 0 Å². The normalized spacial score (nSPS) is 15.1. The van der Waals surface area contributed by atoms with Crippen LogP contribution in [0.15, 0.2) is 34.7 Å². The predicted molar refractivity (Wildman–Crippen MR) is 129 cm³/mol. The molecule has 0 saturated heterocycles. The molecule has 0 spiro atoms. The number of hydrogen-bond donors (Lipinski definition) is 1. The number of benzene rings is 1. The number of aryl methyl sites for hydroxylation is 1. The Morgan fingerprint density at radius 1 is 1.03 bits per heavy atom. The zero-order valence-corrected chi connectivity index (χ0v) is 19.9. The van der Waals surface area contributed by atoms with Crippen molar-refractivity contribution in [2.45, 2.75) is 70.9 Å². The molecule has 1 saturated carbocycles. The third-order valence-corrected chi connectivity index (χ3v) is 6.36. The molecule has 1 aromatic heterocycles. The number of methoxy groups -OCH3 is 2. The van der Waals surface area contributed by atoms with Crippen molar-refractivity contribution in [1.29, 1.82) is 0 Å². The molecule has 0 unspecified atom stereocenters. The zero-order valence-electron chi connectivity index (χ0n) is 19.1. The summed E-state index contributed by atoms with van der Waals surface area (Å²) >= 11 is 5.87. The minimum absolute atomic E-state index is 0.467. The van der Waals surface area contributed by atoms with Gasteiger partial charge in [-0.2, -0.15) is 0 Å². The molecule has 1 aromatic carbocycles. The summed E-state index contributed by atoms with van der Waals surface area (Å²) in [6.07, 6.45) is 9.85. The van der Waals surface area contributed by atoms with Gasteiger partial charge >= 0.3 is 0 Å². The maximum atomic E-state index is 5.87. The number of nitrogens with zero attached hydrogens (tertiary/aromatic N) is 1. The Balaban J connectivity index is 1.67. The highest BCUT2D eigenvalue weighted by atomic mass is 32.1. The van der Waals surface area contributed by atoms with Gasteiger partial charge in [-0.25, -0.2) is 0 Å². The highest BCUT2D eigenvalue weighted by Crippen LogP contribution is 2.28. The molecule has 0 amide bonds. The molecule has 0 atom stereocenters. The fraction of sp³-hybridized carbons (Fsp3) is 0.560. The van der Waals surface area contributed by atoms with E-state index in [0.717, 1.165) is 41.1 Å². The summed E-state index contributed by atoms with van der Waals surface area (Å²) < 4.78 is 16.7. The van der Waals surface area contributed by atoms with E-state index in [1.807, 2.05) is 31.2 Å². The van der Waals surface area contributed by atoms with Crippen LogP contribution in [0.3, 0.4) is 0 Å². The SMILES string of the molecule is COc1ccc(CCN(Cc2ccc(C)o2)C(=S)NC2CCCCCCC2)cc1OC. The maximum Gasteiger partial charge on any atom is 0.169 e. The largest absolute Gasteiger partial charge is 0.493 e. The monoisotopic (exact) mass is 444 g/mol. The van der Waals surface area contributed by atoms with Crippen LogP contribution in [-0.2, 0) is 13.0 Å². The summed E-state index contributed by atoms with van der Waals surface area (Å²) in [4.78, 5) is 2.23. The lowest BCUT2D eigenvalue weighted by molar-refractivity contribution is 0.340. The van der Waals surface area contributed by atoms with E-state index in [0.29, 0.717) is 12.6 Å². The summed E-state index contributed by atoms with van der Waals surface area (Å²) in [5.41, 5.74) is 1.19. The predicted octanol–water partition coefficient (Wildman–Crippen LogP) is 5.64. The molecule has 1 aliphatic carbocycles. The second-order valence-electron chi connectivity index (χ2n) is 8.36. The Bertz CT molecular complexity index is 828. The first-order valence-electron chi connectivity index (χ1n) is 11.4. The highest BCUT2D eigenvalue weighted by molar-refractivity contribution is 7.80. The average Bonchev–Trinajstić information content (AvgIpc) is 3.17. The van der Waals surface area contributed by atoms with Crippen LogP contribution in [0.5, 0.6) is 11.5 Å². The second-order valence-corrected chi connectivity index (χ2v) is 8.75. The molecule has 6 heteroatoms. The van der Waals surface area contributed by atoms with Gasteiger partial charge in [-0.1, -0.05) is 38.2 Å². The molecule has 1 fully saturated rings. The molecule has 0 aliphatic heterocycles. The first kappa shape index (κ1) is 23.5. The van der Waals surface area contributed by atoms with Crippen LogP contribution in [0.4, 0.5) is 0 Å². The number of hydrogen-bond acceptors (Lipinski definition) is 4. The fourth-order valence-corrected chi connectivity index (χ4v) is 4.50. The maximum absolute atomic E-state index is 5.87. The summed E-state index contributed by atoms with van der Waals surface area (Å²) in [5, 5.41) is 4.48. The van der Waals surface area contributed by atoms with Crippen molar-refractivity contribution in [3.8, 4) is 11.5 Å². The first-order chi connectivity index (χ1) is 15.1. The lowest BCUT2D eigenvalue weighted by Gasteiger charge is -2.29. The van der Waals surface area contributed by atoms with Crippen LogP contribution in [0.25, 0.3) is 0 Å². The Morgan fingerprint density at radius 3 is 2.39 bits per heavy atom. The van der Waals surface area contributed by atoms with E-state index in [-0.39, 0.29) is 0 Å². The molecule has 3 rings (SSSR count). The molecule has 5 nitrogen and oxygen atoms in total. The molecule has 0 radical (unpaired) electrons. The van der Waals surface area contributed by atoms with Gasteiger partial charge < -0.3 is 24.1 Å². The molecule has 1 heterocycles. The van der Waals surface area contributed by atoms with E-state index in [2.05, 4.69) is 16.3 Å². The number of rotatable bonds is 8. The van der Waals surface area contributed by atoms with Crippen molar-refractivity contribution in [1.82, 2.24) is 10.2 Å². The number of nitrogens with one attached hydrogen (secondary N) is 1. The molecule has 1 aliphatic rings. The zero-order chi connectivity index (χ0) is 22.1. The molecule has 31 heavy (non-hydrogen) atoms. The Kier molecular flexibility index (Phi) is 9.07. The molecular formula is C25H36N2O3S. The summed E-state index contributed by atoms with van der Waals surface area (Å²) in [6.45, 7) is 3.44. The number of thiocarbonyl (C=S) groups is 1. The van der Waals surface area contributed by atoms with Crippen LogP contribution < -0.4 is 14.8 Å². The lowest BCUT2D eigenvalue weighted by Crippen LogP contribution is -2.45. The van der Waals surface area contributed by atoms with Gasteiger partial charge in [-0.3, -0.25) is 0 Å². The van der Waals surface area contributed by atoms with Crippen LogP contribution in [-0.4, -0.2) is 36.8 Å². The Morgan fingerprint density at radius 2 is 1.74 bits per heavy atom. The third kappa shape index (κ3) is 7.17. The van der Waals surface area contributed by atoms with Crippen LogP contribution in [0, 0.1) is 6.92 Å². The van der Waals surface area contributed by atoms with Gasteiger partial charge in [-0.15, -0.1) is 0 Å². The van der Waals surface area contributed by atoms with Gasteiger partial charge in [0.15, 0.2) is 16.6 Å². The molecular weight excluding hydrogens is 408 g/mol. The Labute approximate surface area is 192 Å². The minimum atomic E-state index is 0.467. The van der Waals surface area contributed by atoms with E-state index >= 15 is 0 Å². The minimum Gasteiger partial charge on any atom is -0.493 e. The van der Waals surface area contributed by atoms with Crippen molar-refractivity contribution in [3.05, 3.63) is 47.4 Å². The van der Waals surface area contributed by atoms with Gasteiger partial charge in [0, 0.05) is 12.6 Å². The van der Waals surface area contributed by atoms with Crippen molar-refractivity contribution in [2.24, 2.45) is 0 Å². The van der Waals surface area contributed by atoms with Gasteiger partial charge in [-0.05, 0) is 68.2 Å². The van der Waals surface area contributed by atoms with Crippen LogP contribution in [0.1, 0.15) is 62.0 Å². The van der Waals surface area contributed by atoms with Crippen LogP contribution >= 0.6 is 12.2 Å². The molecule has 1 N–H and O–H groups in total. The first-order valence-corrected chi connectivity index (χ1v) is 11.8. The van der Waals surface area contributed by atoms with Crippen molar-refractivity contribution >= 4 is 17.3 Å². The van der Waals surface area contributed by atoms with E-state index in [4.69, 9.17) is 26.1 Å². The van der Waals surface area contributed by atoms with Crippen molar-refractivity contribution in [3.63, 3.8) is 0 Å². The topological polar surface area (TPSA) is 46.9 Å². The number of ether oxygens (including phenoxy) is 2. The molecule has 2 aromatic rings. The third-order valence-electron chi connectivity index (χ3n) is 5.98. The average molecular weight is 445 g/mol. The number of furan rings is 1.